The second-order valence-electron chi connectivity index (χ2n) is 2.84. The lowest BCUT2D eigenvalue weighted by Gasteiger charge is -2.22. The number of nitrogens with zero attached hydrogens (tertiary/aromatic N) is 4. The first kappa shape index (κ1) is 9.07. The summed E-state index contributed by atoms with van der Waals surface area (Å²) in [5.74, 6) is 0.604. The molecule has 0 aliphatic carbocycles. The Balaban J connectivity index is 2.79. The number of hydrogen-bond acceptors (Lipinski definition) is 5. The molecule has 14 heavy (non-hydrogen) atoms. The zero-order valence-corrected chi connectivity index (χ0v) is 8.48. The minimum atomic E-state index is -3.49. The summed E-state index contributed by atoms with van der Waals surface area (Å²) < 4.78 is 24.7. The largest absolute Gasteiger partial charge is 0.270 e. The van der Waals surface area contributed by atoms with E-state index in [-0.39, 0.29) is 10.7 Å². The van der Waals surface area contributed by atoms with Gasteiger partial charge in [0.25, 0.3) is 10.0 Å². The van der Waals surface area contributed by atoms with E-state index in [9.17, 15) is 8.42 Å². The fourth-order valence-electron chi connectivity index (χ4n) is 1.12. The van der Waals surface area contributed by atoms with Gasteiger partial charge in [-0.3, -0.25) is 4.31 Å². The molecule has 0 N–H and O–H groups in total. The Morgan fingerprint density at radius 2 is 2.14 bits per heavy atom. The Hall–Kier alpha value is -1.50. The van der Waals surface area contributed by atoms with Gasteiger partial charge < -0.3 is 0 Å². The Labute approximate surface area is 81.4 Å². The Bertz CT molecular complexity index is 508. The van der Waals surface area contributed by atoms with Crippen molar-refractivity contribution >= 4 is 21.7 Å². The molecular formula is C7H8N4O2S. The van der Waals surface area contributed by atoms with Crippen LogP contribution in [0.4, 0.5) is 5.82 Å². The third kappa shape index (κ3) is 1.09. The predicted octanol–water partition coefficient (Wildman–Crippen LogP) is 0.161. The highest BCUT2D eigenvalue weighted by molar-refractivity contribution is 7.89. The summed E-state index contributed by atoms with van der Waals surface area (Å²) in [6, 6.07) is 0. The van der Waals surface area contributed by atoms with E-state index in [0.717, 1.165) is 4.31 Å². The summed E-state index contributed by atoms with van der Waals surface area (Å²) in [6.07, 6.45) is 2.53. The number of hydrogen-bond donors (Lipinski definition) is 0. The zero-order valence-electron chi connectivity index (χ0n) is 7.67. The van der Waals surface area contributed by atoms with Crippen molar-refractivity contribution in [3.8, 4) is 0 Å². The standard InChI is InChI=1S/C7H8N4O2S/c1-5-10-7-6(3-8-4-9-7)14(12,13)11(5)2/h3-4H,1-2H3. The Kier molecular flexibility index (Phi) is 1.78. The maximum Gasteiger partial charge on any atom is 0.270 e. The van der Waals surface area contributed by atoms with Crippen LogP contribution in [0.5, 0.6) is 0 Å². The van der Waals surface area contributed by atoms with Crippen LogP contribution in [-0.2, 0) is 10.0 Å². The molecule has 2 heterocycles. The minimum absolute atomic E-state index is 0.0492. The molecule has 2 rings (SSSR count). The van der Waals surface area contributed by atoms with E-state index in [1.807, 2.05) is 0 Å². The zero-order chi connectivity index (χ0) is 10.3. The highest BCUT2D eigenvalue weighted by Crippen LogP contribution is 2.27. The highest BCUT2D eigenvalue weighted by atomic mass is 32.2. The molecule has 0 saturated carbocycles. The van der Waals surface area contributed by atoms with E-state index in [0.29, 0.717) is 5.84 Å². The van der Waals surface area contributed by atoms with Crippen molar-refractivity contribution in [3.05, 3.63) is 12.5 Å². The van der Waals surface area contributed by atoms with Gasteiger partial charge in [0, 0.05) is 7.05 Å². The predicted molar refractivity (Wildman–Crippen MR) is 49.7 cm³/mol. The summed E-state index contributed by atoms with van der Waals surface area (Å²) in [4.78, 5) is 11.5. The van der Waals surface area contributed by atoms with Crippen LogP contribution in [0.25, 0.3) is 0 Å². The van der Waals surface area contributed by atoms with Crippen LogP contribution in [-0.4, -0.2) is 35.6 Å². The molecule has 0 fully saturated rings. The molecule has 6 nitrogen and oxygen atoms in total. The molecule has 0 amide bonds. The molecule has 0 atom stereocenters. The molecule has 0 spiro atoms. The lowest BCUT2D eigenvalue weighted by Crippen LogP contribution is -2.34. The normalized spacial score (nSPS) is 18.7. The summed E-state index contributed by atoms with van der Waals surface area (Å²) in [5.41, 5.74) is 0. The number of aliphatic imine (C=N–C) groups is 1. The van der Waals surface area contributed by atoms with Crippen molar-refractivity contribution < 1.29 is 8.42 Å². The first-order valence-corrected chi connectivity index (χ1v) is 5.32. The maximum atomic E-state index is 11.8. The average molecular weight is 212 g/mol. The van der Waals surface area contributed by atoms with Crippen molar-refractivity contribution in [2.45, 2.75) is 11.8 Å². The quantitative estimate of drug-likeness (QED) is 0.614. The SMILES string of the molecule is CC1=Nc2ncncc2S(=O)(=O)N1C. The molecule has 0 aromatic carbocycles. The Morgan fingerprint density at radius 3 is 2.86 bits per heavy atom. The lowest BCUT2D eigenvalue weighted by atomic mass is 10.5. The fraction of sp³-hybridized carbons (Fsp3) is 0.286. The van der Waals surface area contributed by atoms with Crippen LogP contribution in [0.15, 0.2) is 22.4 Å². The second kappa shape index (κ2) is 2.74. The van der Waals surface area contributed by atoms with Gasteiger partial charge in [0.15, 0.2) is 10.7 Å². The van der Waals surface area contributed by atoms with Crippen LogP contribution in [0.2, 0.25) is 0 Å². The van der Waals surface area contributed by atoms with Gasteiger partial charge >= 0.3 is 0 Å². The molecule has 0 unspecified atom stereocenters. The van der Waals surface area contributed by atoms with E-state index in [4.69, 9.17) is 0 Å². The van der Waals surface area contributed by atoms with Crippen LogP contribution in [0.1, 0.15) is 6.92 Å². The third-order valence-corrected chi connectivity index (χ3v) is 3.85. The fourth-order valence-corrected chi connectivity index (χ4v) is 2.33. The first-order chi connectivity index (χ1) is 6.53. The van der Waals surface area contributed by atoms with Gasteiger partial charge in [-0.2, -0.15) is 0 Å². The van der Waals surface area contributed by atoms with Gasteiger partial charge in [0.2, 0.25) is 0 Å². The number of sulfonamides is 1. The van der Waals surface area contributed by atoms with Gasteiger partial charge in [-0.1, -0.05) is 0 Å². The number of amidine groups is 1. The minimum Gasteiger partial charge on any atom is -0.257 e. The van der Waals surface area contributed by atoms with Crippen LogP contribution >= 0.6 is 0 Å². The Morgan fingerprint density at radius 1 is 1.43 bits per heavy atom. The summed E-state index contributed by atoms with van der Waals surface area (Å²) in [5, 5.41) is 0. The molecule has 7 heteroatoms. The molecule has 1 aromatic heterocycles. The molecule has 1 aliphatic rings. The monoisotopic (exact) mass is 212 g/mol. The van der Waals surface area contributed by atoms with Crippen LogP contribution in [0.3, 0.4) is 0 Å². The number of aromatic nitrogens is 2. The summed E-state index contributed by atoms with van der Waals surface area (Å²) >= 11 is 0. The molecule has 1 aliphatic heterocycles. The van der Waals surface area contributed by atoms with Gasteiger partial charge in [-0.15, -0.1) is 0 Å². The van der Waals surface area contributed by atoms with E-state index in [2.05, 4.69) is 15.0 Å². The molecule has 0 radical (unpaired) electrons. The van der Waals surface area contributed by atoms with E-state index in [1.165, 1.54) is 19.6 Å². The smallest absolute Gasteiger partial charge is 0.257 e. The maximum absolute atomic E-state index is 11.8. The molecule has 1 aromatic rings. The van der Waals surface area contributed by atoms with E-state index < -0.39 is 10.0 Å². The second-order valence-corrected chi connectivity index (χ2v) is 4.78. The van der Waals surface area contributed by atoms with Gasteiger partial charge in [0.05, 0.1) is 6.20 Å². The van der Waals surface area contributed by atoms with Crippen molar-refractivity contribution in [2.24, 2.45) is 4.99 Å². The molecular weight excluding hydrogens is 204 g/mol. The number of rotatable bonds is 0. The number of fused-ring (bicyclic) bond motifs is 1. The topological polar surface area (TPSA) is 75.5 Å². The van der Waals surface area contributed by atoms with Gasteiger partial charge in [-0.25, -0.2) is 23.4 Å². The average Bonchev–Trinajstić information content (AvgIpc) is 2.15. The summed E-state index contributed by atoms with van der Waals surface area (Å²) in [7, 11) is -2.04. The van der Waals surface area contributed by atoms with E-state index in [1.54, 1.807) is 6.92 Å². The molecule has 0 saturated heterocycles. The third-order valence-electron chi connectivity index (χ3n) is 2.02. The lowest BCUT2D eigenvalue weighted by molar-refractivity contribution is 0.548. The molecule has 74 valence electrons. The van der Waals surface area contributed by atoms with Crippen molar-refractivity contribution in [1.29, 1.82) is 0 Å². The summed E-state index contributed by atoms with van der Waals surface area (Å²) in [6.45, 7) is 1.61. The van der Waals surface area contributed by atoms with Gasteiger partial charge in [0.1, 0.15) is 12.2 Å². The highest BCUT2D eigenvalue weighted by Gasteiger charge is 2.30. The van der Waals surface area contributed by atoms with Crippen molar-refractivity contribution in [2.75, 3.05) is 7.05 Å². The van der Waals surface area contributed by atoms with E-state index >= 15 is 0 Å². The molecule has 0 bridgehead atoms. The van der Waals surface area contributed by atoms with Crippen LogP contribution < -0.4 is 0 Å². The van der Waals surface area contributed by atoms with Crippen LogP contribution in [0, 0.1) is 0 Å². The van der Waals surface area contributed by atoms with Crippen molar-refractivity contribution in [3.63, 3.8) is 0 Å². The first-order valence-electron chi connectivity index (χ1n) is 3.87. The van der Waals surface area contributed by atoms with Crippen molar-refractivity contribution in [1.82, 2.24) is 14.3 Å². The van der Waals surface area contributed by atoms with Gasteiger partial charge in [-0.05, 0) is 6.92 Å².